The molecule has 3 heteroatoms. The normalized spacial score (nSPS) is 12.8. The Hall–Kier alpha value is -6.94. The molecule has 11 rings (SSSR count). The standard InChI is InChI=1S/C54H36N2S/c1-54(47-26-10-7-20-42(47)43-21-8-11-27-48(43)54)39-31-29-35(30-32-39)40-19-5-6-22-44(40)50-34-49(55-53(56-50)36-15-3-2-4-16-36)38-18-13-17-37(33-38)41-24-14-25-46-45-23-9-12-28-51(45)57-52(41)46/h2-34H,1H3. The van der Waals surface area contributed by atoms with Crippen LogP contribution in [0.2, 0.25) is 0 Å². The van der Waals surface area contributed by atoms with Gasteiger partial charge in [0.1, 0.15) is 0 Å². The van der Waals surface area contributed by atoms with E-state index in [9.17, 15) is 0 Å². The van der Waals surface area contributed by atoms with Crippen LogP contribution in [0.1, 0.15) is 23.6 Å². The molecular weight excluding hydrogens is 709 g/mol. The van der Waals surface area contributed by atoms with Crippen molar-refractivity contribution in [3.8, 4) is 67.3 Å². The highest BCUT2D eigenvalue weighted by Gasteiger charge is 2.40. The van der Waals surface area contributed by atoms with Crippen molar-refractivity contribution in [2.24, 2.45) is 0 Å². The summed E-state index contributed by atoms with van der Waals surface area (Å²) >= 11 is 1.86. The van der Waals surface area contributed by atoms with Gasteiger partial charge in [-0.3, -0.25) is 0 Å². The fourth-order valence-corrected chi connectivity index (χ4v) is 10.2. The number of hydrogen-bond acceptors (Lipinski definition) is 3. The lowest BCUT2D eigenvalue weighted by Crippen LogP contribution is -2.22. The van der Waals surface area contributed by atoms with Crippen LogP contribution in [0.5, 0.6) is 0 Å². The maximum absolute atomic E-state index is 5.26. The molecule has 0 bridgehead atoms. The summed E-state index contributed by atoms with van der Waals surface area (Å²) in [6.07, 6.45) is 0. The van der Waals surface area contributed by atoms with Gasteiger partial charge in [0.15, 0.2) is 5.82 Å². The summed E-state index contributed by atoms with van der Waals surface area (Å²) in [6.45, 7) is 2.37. The van der Waals surface area contributed by atoms with Crippen molar-refractivity contribution in [2.45, 2.75) is 12.3 Å². The summed E-state index contributed by atoms with van der Waals surface area (Å²) in [4.78, 5) is 10.5. The summed E-state index contributed by atoms with van der Waals surface area (Å²) in [5, 5.41) is 2.60. The molecule has 0 saturated carbocycles. The highest BCUT2D eigenvalue weighted by molar-refractivity contribution is 7.26. The maximum atomic E-state index is 5.26. The van der Waals surface area contributed by atoms with Crippen molar-refractivity contribution in [2.75, 3.05) is 0 Å². The second kappa shape index (κ2) is 13.4. The zero-order chi connectivity index (χ0) is 37.9. The van der Waals surface area contributed by atoms with Crippen molar-refractivity contribution < 1.29 is 0 Å². The Balaban J connectivity index is 1.02. The molecule has 0 atom stereocenters. The third kappa shape index (κ3) is 5.46. The largest absolute Gasteiger partial charge is 0.228 e. The third-order valence-corrected chi connectivity index (χ3v) is 13.0. The Bertz CT molecular complexity index is 3090. The van der Waals surface area contributed by atoms with Crippen LogP contribution in [0.15, 0.2) is 200 Å². The van der Waals surface area contributed by atoms with Gasteiger partial charge in [-0.2, -0.15) is 0 Å². The van der Waals surface area contributed by atoms with Gasteiger partial charge in [0.05, 0.1) is 11.4 Å². The van der Waals surface area contributed by atoms with Crippen LogP contribution in [0, 0.1) is 0 Å². The number of rotatable bonds is 6. The topological polar surface area (TPSA) is 25.8 Å². The molecule has 0 saturated heterocycles. The molecule has 1 aliphatic carbocycles. The van der Waals surface area contributed by atoms with Crippen molar-refractivity contribution >= 4 is 31.5 Å². The summed E-state index contributed by atoms with van der Waals surface area (Å²) in [5.41, 5.74) is 16.0. The minimum Gasteiger partial charge on any atom is -0.228 e. The Morgan fingerprint density at radius 3 is 1.72 bits per heavy atom. The van der Waals surface area contributed by atoms with Gasteiger partial charge < -0.3 is 0 Å². The Morgan fingerprint density at radius 1 is 0.386 bits per heavy atom. The molecule has 2 nitrogen and oxygen atoms in total. The van der Waals surface area contributed by atoms with Crippen LogP contribution >= 0.6 is 11.3 Å². The van der Waals surface area contributed by atoms with Gasteiger partial charge in [0.2, 0.25) is 0 Å². The Morgan fingerprint density at radius 2 is 0.947 bits per heavy atom. The highest BCUT2D eigenvalue weighted by Crippen LogP contribution is 2.52. The molecule has 0 radical (unpaired) electrons. The molecule has 10 aromatic rings. The van der Waals surface area contributed by atoms with E-state index in [1.165, 1.54) is 59.1 Å². The predicted molar refractivity (Wildman–Crippen MR) is 240 cm³/mol. The molecule has 0 spiro atoms. The van der Waals surface area contributed by atoms with Gasteiger partial charge in [-0.1, -0.05) is 182 Å². The van der Waals surface area contributed by atoms with E-state index in [1.54, 1.807) is 0 Å². The molecule has 57 heavy (non-hydrogen) atoms. The monoisotopic (exact) mass is 744 g/mol. The first-order chi connectivity index (χ1) is 28.1. The summed E-state index contributed by atoms with van der Waals surface area (Å²) in [5.74, 6) is 0.705. The van der Waals surface area contributed by atoms with Gasteiger partial charge in [0, 0.05) is 42.3 Å². The van der Waals surface area contributed by atoms with Crippen LogP contribution in [0.4, 0.5) is 0 Å². The van der Waals surface area contributed by atoms with E-state index in [0.717, 1.165) is 39.2 Å². The van der Waals surface area contributed by atoms with E-state index >= 15 is 0 Å². The molecule has 0 unspecified atom stereocenters. The van der Waals surface area contributed by atoms with Crippen molar-refractivity contribution in [1.29, 1.82) is 0 Å². The van der Waals surface area contributed by atoms with Gasteiger partial charge in [-0.25, -0.2) is 9.97 Å². The molecule has 8 aromatic carbocycles. The Labute approximate surface area is 336 Å². The van der Waals surface area contributed by atoms with E-state index < -0.39 is 0 Å². The first kappa shape index (κ1) is 33.4. The van der Waals surface area contributed by atoms with Crippen LogP contribution in [0.25, 0.3) is 87.5 Å². The SMILES string of the molecule is CC1(c2ccc(-c3ccccc3-c3cc(-c4cccc(-c5cccc6c5sc5ccccc56)c4)nc(-c4ccccc4)n3)cc2)c2ccccc2-c2ccccc21. The maximum Gasteiger partial charge on any atom is 0.160 e. The number of benzene rings is 8. The average Bonchev–Trinajstić information content (AvgIpc) is 3.80. The molecule has 268 valence electrons. The molecular formula is C54H36N2S. The van der Waals surface area contributed by atoms with Gasteiger partial charge in [-0.15, -0.1) is 11.3 Å². The molecule has 0 fully saturated rings. The summed E-state index contributed by atoms with van der Waals surface area (Å²) in [7, 11) is 0. The van der Waals surface area contributed by atoms with Crippen LogP contribution in [0.3, 0.4) is 0 Å². The zero-order valence-corrected chi connectivity index (χ0v) is 32.2. The predicted octanol–water partition coefficient (Wildman–Crippen LogP) is 14.5. The van der Waals surface area contributed by atoms with E-state index in [-0.39, 0.29) is 5.41 Å². The number of nitrogens with zero attached hydrogens (tertiary/aromatic N) is 2. The minimum absolute atomic E-state index is 0.242. The molecule has 2 heterocycles. The van der Waals surface area contributed by atoms with Gasteiger partial charge in [0.25, 0.3) is 0 Å². The second-order valence-corrected chi connectivity index (χ2v) is 16.1. The molecule has 0 N–H and O–H groups in total. The van der Waals surface area contributed by atoms with E-state index in [4.69, 9.17) is 9.97 Å². The zero-order valence-electron chi connectivity index (χ0n) is 31.4. The van der Waals surface area contributed by atoms with E-state index in [1.807, 2.05) is 17.4 Å². The first-order valence-electron chi connectivity index (χ1n) is 19.5. The lowest BCUT2D eigenvalue weighted by Gasteiger charge is -2.28. The fraction of sp³-hybridized carbons (Fsp3) is 0.0370. The van der Waals surface area contributed by atoms with Gasteiger partial charge >= 0.3 is 0 Å². The lowest BCUT2D eigenvalue weighted by atomic mass is 9.74. The van der Waals surface area contributed by atoms with E-state index in [2.05, 4.69) is 201 Å². The highest BCUT2D eigenvalue weighted by atomic mass is 32.1. The van der Waals surface area contributed by atoms with Crippen LogP contribution < -0.4 is 0 Å². The number of thiophene rings is 1. The van der Waals surface area contributed by atoms with Crippen LogP contribution in [-0.4, -0.2) is 9.97 Å². The molecule has 1 aliphatic rings. The fourth-order valence-electron chi connectivity index (χ4n) is 8.98. The molecule has 0 aliphatic heterocycles. The number of aromatic nitrogens is 2. The quantitative estimate of drug-likeness (QED) is 0.169. The molecule has 2 aromatic heterocycles. The van der Waals surface area contributed by atoms with Crippen LogP contribution in [-0.2, 0) is 5.41 Å². The van der Waals surface area contributed by atoms with Crippen molar-refractivity contribution in [3.63, 3.8) is 0 Å². The second-order valence-electron chi connectivity index (χ2n) is 15.0. The first-order valence-corrected chi connectivity index (χ1v) is 20.3. The smallest absolute Gasteiger partial charge is 0.160 e. The van der Waals surface area contributed by atoms with E-state index in [0.29, 0.717) is 5.82 Å². The van der Waals surface area contributed by atoms with Crippen molar-refractivity contribution in [1.82, 2.24) is 9.97 Å². The number of hydrogen-bond donors (Lipinski definition) is 0. The van der Waals surface area contributed by atoms with Gasteiger partial charge in [-0.05, 0) is 75.2 Å². The average molecular weight is 745 g/mol. The Kier molecular flexibility index (Phi) is 7.84. The minimum atomic E-state index is -0.242. The third-order valence-electron chi connectivity index (χ3n) is 11.8. The summed E-state index contributed by atoms with van der Waals surface area (Å²) < 4.78 is 2.61. The summed E-state index contributed by atoms with van der Waals surface area (Å²) in [6, 6.07) is 72.1. The molecule has 0 amide bonds. The van der Waals surface area contributed by atoms with Crippen molar-refractivity contribution in [3.05, 3.63) is 217 Å². The number of fused-ring (bicyclic) bond motifs is 6. The lowest BCUT2D eigenvalue weighted by molar-refractivity contribution is 0.714.